The molecule has 4 nitrogen and oxygen atoms in total. The monoisotopic (exact) mass is 318 g/mol. The number of halogens is 2. The lowest BCUT2D eigenvalue weighted by Crippen LogP contribution is -2.30. The van der Waals surface area contributed by atoms with E-state index in [1.807, 2.05) is 0 Å². The SMILES string of the molecule is Cl.O=C(COc1cccc(Cl)c1)NCCC1CCNC1. The zero-order valence-electron chi connectivity index (χ0n) is 11.2. The standard InChI is InChI=1S/C14H19ClN2O2.ClH/c15-12-2-1-3-13(8-12)19-10-14(18)17-7-5-11-4-6-16-9-11;/h1-3,8,11,16H,4-7,9-10H2,(H,17,18);1H. The van der Waals surface area contributed by atoms with Gasteiger partial charge in [0.2, 0.25) is 0 Å². The van der Waals surface area contributed by atoms with Crippen LogP contribution in [-0.2, 0) is 4.79 Å². The molecule has 0 spiro atoms. The molecule has 1 aromatic rings. The number of carbonyl (C=O) groups is 1. The summed E-state index contributed by atoms with van der Waals surface area (Å²) in [6.45, 7) is 2.90. The van der Waals surface area contributed by atoms with Crippen molar-refractivity contribution in [3.05, 3.63) is 29.3 Å². The van der Waals surface area contributed by atoms with Crippen LogP contribution in [0.3, 0.4) is 0 Å². The quantitative estimate of drug-likeness (QED) is 0.846. The van der Waals surface area contributed by atoms with Gasteiger partial charge in [0.1, 0.15) is 5.75 Å². The third-order valence-electron chi connectivity index (χ3n) is 3.20. The van der Waals surface area contributed by atoms with Gasteiger partial charge in [-0.15, -0.1) is 12.4 Å². The van der Waals surface area contributed by atoms with Crippen LogP contribution in [0.25, 0.3) is 0 Å². The zero-order valence-corrected chi connectivity index (χ0v) is 12.8. The molecule has 0 aromatic heterocycles. The fourth-order valence-electron chi connectivity index (χ4n) is 2.13. The molecule has 1 fully saturated rings. The Morgan fingerprint density at radius 2 is 2.35 bits per heavy atom. The second-order valence-corrected chi connectivity index (χ2v) is 5.18. The second kappa shape index (κ2) is 9.06. The number of rotatable bonds is 6. The van der Waals surface area contributed by atoms with Crippen molar-refractivity contribution in [2.75, 3.05) is 26.2 Å². The molecule has 1 aliphatic rings. The molecule has 1 aromatic carbocycles. The van der Waals surface area contributed by atoms with Crippen molar-refractivity contribution in [3.63, 3.8) is 0 Å². The first-order chi connectivity index (χ1) is 9.24. The summed E-state index contributed by atoms with van der Waals surface area (Å²) in [6.07, 6.45) is 2.23. The summed E-state index contributed by atoms with van der Waals surface area (Å²) in [5.41, 5.74) is 0. The Morgan fingerprint density at radius 1 is 1.50 bits per heavy atom. The molecule has 0 aliphatic carbocycles. The first-order valence-electron chi connectivity index (χ1n) is 6.60. The van der Waals surface area contributed by atoms with Crippen LogP contribution in [0.1, 0.15) is 12.8 Å². The van der Waals surface area contributed by atoms with Crippen LogP contribution in [0.5, 0.6) is 5.75 Å². The van der Waals surface area contributed by atoms with Gasteiger partial charge in [-0.3, -0.25) is 4.79 Å². The number of amides is 1. The third-order valence-corrected chi connectivity index (χ3v) is 3.44. The van der Waals surface area contributed by atoms with Gasteiger partial charge in [0, 0.05) is 11.6 Å². The lowest BCUT2D eigenvalue weighted by atomic mass is 10.1. The molecule has 2 N–H and O–H groups in total. The van der Waals surface area contributed by atoms with E-state index in [-0.39, 0.29) is 24.9 Å². The molecule has 1 unspecified atom stereocenters. The molecule has 1 heterocycles. The van der Waals surface area contributed by atoms with Crippen LogP contribution in [0, 0.1) is 5.92 Å². The van der Waals surface area contributed by atoms with Crippen molar-refractivity contribution < 1.29 is 9.53 Å². The van der Waals surface area contributed by atoms with E-state index in [1.165, 1.54) is 6.42 Å². The first kappa shape index (κ1) is 17.1. The Balaban J connectivity index is 0.00000200. The van der Waals surface area contributed by atoms with Gasteiger partial charge in [0.25, 0.3) is 5.91 Å². The van der Waals surface area contributed by atoms with Crippen molar-refractivity contribution >= 4 is 29.9 Å². The van der Waals surface area contributed by atoms with Crippen molar-refractivity contribution in [1.82, 2.24) is 10.6 Å². The number of hydrogen-bond donors (Lipinski definition) is 2. The van der Waals surface area contributed by atoms with Crippen LogP contribution >= 0.6 is 24.0 Å². The normalized spacial score (nSPS) is 17.4. The molecule has 1 atom stereocenters. The van der Waals surface area contributed by atoms with Gasteiger partial charge < -0.3 is 15.4 Å². The molecule has 2 rings (SSSR count). The Labute approximate surface area is 130 Å². The van der Waals surface area contributed by atoms with Gasteiger partial charge in [-0.25, -0.2) is 0 Å². The lowest BCUT2D eigenvalue weighted by molar-refractivity contribution is -0.123. The smallest absolute Gasteiger partial charge is 0.257 e. The van der Waals surface area contributed by atoms with Crippen LogP contribution in [0.15, 0.2) is 24.3 Å². The summed E-state index contributed by atoms with van der Waals surface area (Å²) in [4.78, 5) is 11.6. The van der Waals surface area contributed by atoms with Crippen LogP contribution in [-0.4, -0.2) is 32.1 Å². The van der Waals surface area contributed by atoms with Crippen LogP contribution in [0.4, 0.5) is 0 Å². The van der Waals surface area contributed by atoms with Crippen molar-refractivity contribution in [2.45, 2.75) is 12.8 Å². The minimum absolute atomic E-state index is 0. The molecule has 1 amide bonds. The minimum Gasteiger partial charge on any atom is -0.484 e. The maximum atomic E-state index is 11.6. The van der Waals surface area contributed by atoms with Gasteiger partial charge in [-0.1, -0.05) is 17.7 Å². The molecular formula is C14H20Cl2N2O2. The van der Waals surface area contributed by atoms with Crippen molar-refractivity contribution in [3.8, 4) is 5.75 Å². The topological polar surface area (TPSA) is 50.4 Å². The third kappa shape index (κ3) is 5.99. The highest BCUT2D eigenvalue weighted by Crippen LogP contribution is 2.16. The minimum atomic E-state index is -0.0917. The van der Waals surface area contributed by atoms with Gasteiger partial charge in [-0.05, 0) is 50.0 Å². The van der Waals surface area contributed by atoms with E-state index < -0.39 is 0 Å². The van der Waals surface area contributed by atoms with E-state index in [1.54, 1.807) is 24.3 Å². The molecular weight excluding hydrogens is 299 g/mol. The summed E-state index contributed by atoms with van der Waals surface area (Å²) in [5, 5.41) is 6.79. The van der Waals surface area contributed by atoms with Gasteiger partial charge >= 0.3 is 0 Å². The maximum absolute atomic E-state index is 11.6. The largest absolute Gasteiger partial charge is 0.484 e. The maximum Gasteiger partial charge on any atom is 0.257 e. The fourth-order valence-corrected chi connectivity index (χ4v) is 2.31. The molecule has 1 saturated heterocycles. The average molecular weight is 319 g/mol. The van der Waals surface area contributed by atoms with E-state index in [2.05, 4.69) is 10.6 Å². The van der Waals surface area contributed by atoms with E-state index in [0.29, 0.717) is 23.2 Å². The van der Waals surface area contributed by atoms with Gasteiger partial charge in [0.15, 0.2) is 6.61 Å². The number of hydrogen-bond acceptors (Lipinski definition) is 3. The Hall–Kier alpha value is -0.970. The van der Waals surface area contributed by atoms with Gasteiger partial charge in [0.05, 0.1) is 0 Å². The highest BCUT2D eigenvalue weighted by Gasteiger charge is 2.14. The van der Waals surface area contributed by atoms with E-state index >= 15 is 0 Å². The highest BCUT2D eigenvalue weighted by atomic mass is 35.5. The lowest BCUT2D eigenvalue weighted by Gasteiger charge is -2.10. The molecule has 0 saturated carbocycles. The first-order valence-corrected chi connectivity index (χ1v) is 6.97. The summed E-state index contributed by atoms with van der Waals surface area (Å²) >= 11 is 5.83. The molecule has 112 valence electrons. The van der Waals surface area contributed by atoms with Gasteiger partial charge in [-0.2, -0.15) is 0 Å². The van der Waals surface area contributed by atoms with Crippen molar-refractivity contribution in [2.24, 2.45) is 5.92 Å². The molecule has 6 heteroatoms. The number of carbonyl (C=O) groups excluding carboxylic acids is 1. The zero-order chi connectivity index (χ0) is 13.5. The predicted molar refractivity (Wildman–Crippen MR) is 82.8 cm³/mol. The number of nitrogens with one attached hydrogen (secondary N) is 2. The predicted octanol–water partition coefficient (Wildman–Crippen LogP) is 2.26. The Kier molecular flexibility index (Phi) is 7.73. The van der Waals surface area contributed by atoms with E-state index in [4.69, 9.17) is 16.3 Å². The van der Waals surface area contributed by atoms with E-state index in [0.717, 1.165) is 19.5 Å². The fraction of sp³-hybridized carbons (Fsp3) is 0.500. The van der Waals surface area contributed by atoms with Crippen LogP contribution < -0.4 is 15.4 Å². The summed E-state index contributed by atoms with van der Waals surface area (Å²) in [6, 6.07) is 7.04. The highest BCUT2D eigenvalue weighted by molar-refractivity contribution is 6.30. The van der Waals surface area contributed by atoms with E-state index in [9.17, 15) is 4.79 Å². The molecule has 1 aliphatic heterocycles. The van der Waals surface area contributed by atoms with Crippen LogP contribution in [0.2, 0.25) is 5.02 Å². The number of ether oxygens (including phenoxy) is 1. The molecule has 0 bridgehead atoms. The summed E-state index contributed by atoms with van der Waals surface area (Å²) in [5.74, 6) is 1.21. The average Bonchev–Trinajstić information content (AvgIpc) is 2.90. The summed E-state index contributed by atoms with van der Waals surface area (Å²) in [7, 11) is 0. The molecule has 20 heavy (non-hydrogen) atoms. The molecule has 0 radical (unpaired) electrons. The second-order valence-electron chi connectivity index (χ2n) is 4.74. The van der Waals surface area contributed by atoms with Crippen molar-refractivity contribution in [1.29, 1.82) is 0 Å². The Bertz CT molecular complexity index is 423. The Morgan fingerprint density at radius 3 is 3.05 bits per heavy atom. The number of benzene rings is 1. The summed E-state index contributed by atoms with van der Waals surface area (Å²) < 4.78 is 5.36.